The number of nitrogens with one attached hydrogen (secondary N) is 1. The van der Waals surface area contributed by atoms with E-state index in [0.717, 1.165) is 10.2 Å². The summed E-state index contributed by atoms with van der Waals surface area (Å²) in [5.41, 5.74) is 7.24. The van der Waals surface area contributed by atoms with Crippen molar-refractivity contribution in [1.29, 1.82) is 0 Å². The van der Waals surface area contributed by atoms with Crippen LogP contribution in [0.1, 0.15) is 23.7 Å². The number of nitrogens with zero attached hydrogens (tertiary/aromatic N) is 1. The monoisotopic (exact) mass is 385 g/mol. The van der Waals surface area contributed by atoms with Crippen molar-refractivity contribution in [2.75, 3.05) is 18.2 Å². The number of carbonyl (C=O) groups excluding carboxylic acids is 2. The zero-order chi connectivity index (χ0) is 19.4. The van der Waals surface area contributed by atoms with E-state index in [0.29, 0.717) is 28.6 Å². The van der Waals surface area contributed by atoms with Crippen molar-refractivity contribution in [2.24, 2.45) is 0 Å². The summed E-state index contributed by atoms with van der Waals surface area (Å²) < 4.78 is 11.4. The van der Waals surface area contributed by atoms with Gasteiger partial charge in [0, 0.05) is 5.69 Å². The maximum Gasteiger partial charge on any atom is 0.338 e. The van der Waals surface area contributed by atoms with Gasteiger partial charge in [-0.25, -0.2) is 9.78 Å². The van der Waals surface area contributed by atoms with Crippen molar-refractivity contribution in [2.45, 2.75) is 19.4 Å². The SMILES string of the molecule is CCC(OC(=O)c1ccc(N)cc1)C(=O)Nc1nc2ccc(OC)cc2s1. The molecule has 8 heteroatoms. The van der Waals surface area contributed by atoms with E-state index in [1.165, 1.54) is 11.3 Å². The Morgan fingerprint density at radius 3 is 2.63 bits per heavy atom. The first-order valence-corrected chi connectivity index (χ1v) is 9.13. The van der Waals surface area contributed by atoms with Gasteiger partial charge in [-0.2, -0.15) is 0 Å². The lowest BCUT2D eigenvalue weighted by molar-refractivity contribution is -0.124. The standard InChI is InChI=1S/C19H19N3O4S/c1-3-15(26-18(24)11-4-6-12(20)7-5-11)17(23)22-19-21-14-9-8-13(25-2)10-16(14)27-19/h4-10,15H,3,20H2,1-2H3,(H,21,22,23). The summed E-state index contributed by atoms with van der Waals surface area (Å²) in [6.07, 6.45) is -0.581. The highest BCUT2D eigenvalue weighted by atomic mass is 32.1. The smallest absolute Gasteiger partial charge is 0.338 e. The minimum Gasteiger partial charge on any atom is -0.497 e. The van der Waals surface area contributed by atoms with Gasteiger partial charge in [0.15, 0.2) is 11.2 Å². The second-order valence-electron chi connectivity index (χ2n) is 5.77. The lowest BCUT2D eigenvalue weighted by atomic mass is 10.2. The van der Waals surface area contributed by atoms with Crippen LogP contribution in [0.3, 0.4) is 0 Å². The zero-order valence-corrected chi connectivity index (χ0v) is 15.7. The number of hydrogen-bond donors (Lipinski definition) is 2. The van der Waals surface area contributed by atoms with E-state index in [1.54, 1.807) is 44.4 Å². The molecule has 1 atom stereocenters. The van der Waals surface area contributed by atoms with E-state index in [4.69, 9.17) is 15.2 Å². The van der Waals surface area contributed by atoms with Crippen LogP contribution >= 0.6 is 11.3 Å². The Morgan fingerprint density at radius 1 is 1.22 bits per heavy atom. The van der Waals surface area contributed by atoms with E-state index in [2.05, 4.69) is 10.3 Å². The zero-order valence-electron chi connectivity index (χ0n) is 14.9. The second-order valence-corrected chi connectivity index (χ2v) is 6.80. The average Bonchev–Trinajstić information content (AvgIpc) is 3.07. The summed E-state index contributed by atoms with van der Waals surface area (Å²) in [6, 6.07) is 11.8. The van der Waals surface area contributed by atoms with Gasteiger partial charge in [-0.15, -0.1) is 0 Å². The molecule has 0 fully saturated rings. The number of amides is 1. The van der Waals surface area contributed by atoms with Crippen LogP contribution < -0.4 is 15.8 Å². The van der Waals surface area contributed by atoms with Gasteiger partial charge in [0.05, 0.1) is 22.9 Å². The molecule has 27 heavy (non-hydrogen) atoms. The lowest BCUT2D eigenvalue weighted by Gasteiger charge is -2.15. The van der Waals surface area contributed by atoms with Gasteiger partial charge in [-0.05, 0) is 48.9 Å². The quantitative estimate of drug-likeness (QED) is 0.497. The number of fused-ring (bicyclic) bond motifs is 1. The van der Waals surface area contributed by atoms with Crippen molar-refractivity contribution in [3.8, 4) is 5.75 Å². The number of benzene rings is 2. The van der Waals surface area contributed by atoms with Crippen molar-refractivity contribution >= 4 is 44.2 Å². The third kappa shape index (κ3) is 4.35. The minimum atomic E-state index is -0.920. The van der Waals surface area contributed by atoms with Gasteiger partial charge in [0.2, 0.25) is 0 Å². The Morgan fingerprint density at radius 2 is 1.96 bits per heavy atom. The molecule has 1 aromatic heterocycles. The van der Waals surface area contributed by atoms with Gasteiger partial charge >= 0.3 is 5.97 Å². The average molecular weight is 385 g/mol. The number of carbonyl (C=O) groups is 2. The largest absolute Gasteiger partial charge is 0.497 e. The Balaban J connectivity index is 1.69. The number of methoxy groups -OCH3 is 1. The molecule has 3 N–H and O–H groups in total. The number of hydrogen-bond acceptors (Lipinski definition) is 7. The van der Waals surface area contributed by atoms with Gasteiger partial charge in [-0.3, -0.25) is 10.1 Å². The van der Waals surface area contributed by atoms with Crippen LogP contribution in [0.25, 0.3) is 10.2 Å². The molecule has 1 heterocycles. The molecule has 0 saturated carbocycles. The summed E-state index contributed by atoms with van der Waals surface area (Å²) in [5, 5.41) is 3.15. The van der Waals surface area contributed by atoms with Crippen LogP contribution in [0, 0.1) is 0 Å². The third-order valence-electron chi connectivity index (χ3n) is 3.88. The summed E-state index contributed by atoms with van der Waals surface area (Å²) >= 11 is 1.32. The molecule has 7 nitrogen and oxygen atoms in total. The first-order valence-electron chi connectivity index (χ1n) is 8.32. The van der Waals surface area contributed by atoms with Gasteiger partial charge in [-0.1, -0.05) is 18.3 Å². The topological polar surface area (TPSA) is 104 Å². The maximum absolute atomic E-state index is 12.5. The number of aromatic nitrogens is 1. The number of nitrogen functional groups attached to an aromatic ring is 1. The highest BCUT2D eigenvalue weighted by Gasteiger charge is 2.23. The molecule has 3 rings (SSSR count). The van der Waals surface area contributed by atoms with Crippen LogP contribution in [0.4, 0.5) is 10.8 Å². The van der Waals surface area contributed by atoms with E-state index >= 15 is 0 Å². The van der Waals surface area contributed by atoms with E-state index in [1.807, 2.05) is 12.1 Å². The van der Waals surface area contributed by atoms with E-state index in [-0.39, 0.29) is 0 Å². The molecule has 0 radical (unpaired) electrons. The Labute approximate surface area is 160 Å². The maximum atomic E-state index is 12.5. The first-order chi connectivity index (χ1) is 13.0. The molecule has 0 aliphatic rings. The first kappa shape index (κ1) is 18.7. The molecule has 0 bridgehead atoms. The summed E-state index contributed by atoms with van der Waals surface area (Å²) in [4.78, 5) is 29.1. The number of esters is 1. The number of thiazole rings is 1. The molecule has 0 aliphatic carbocycles. The fraction of sp³-hybridized carbons (Fsp3) is 0.211. The Kier molecular flexibility index (Phi) is 5.56. The fourth-order valence-electron chi connectivity index (χ4n) is 2.41. The molecule has 2 aromatic carbocycles. The molecule has 140 valence electrons. The second kappa shape index (κ2) is 8.05. The Hall–Kier alpha value is -3.13. The highest BCUT2D eigenvalue weighted by Crippen LogP contribution is 2.29. The molecule has 0 aliphatic heterocycles. The van der Waals surface area contributed by atoms with Crippen LogP contribution in [0.2, 0.25) is 0 Å². The number of ether oxygens (including phenoxy) is 2. The number of anilines is 2. The highest BCUT2D eigenvalue weighted by molar-refractivity contribution is 7.22. The van der Waals surface area contributed by atoms with Gasteiger partial charge < -0.3 is 15.2 Å². The van der Waals surface area contributed by atoms with Gasteiger partial charge in [0.1, 0.15) is 5.75 Å². The van der Waals surface area contributed by atoms with Crippen molar-refractivity contribution in [1.82, 2.24) is 4.98 Å². The van der Waals surface area contributed by atoms with Crippen molar-refractivity contribution in [3.05, 3.63) is 48.0 Å². The van der Waals surface area contributed by atoms with Crippen LogP contribution in [0.15, 0.2) is 42.5 Å². The Bertz CT molecular complexity index is 969. The lowest BCUT2D eigenvalue weighted by Crippen LogP contribution is -2.32. The molecule has 0 spiro atoms. The molecule has 0 saturated heterocycles. The fourth-order valence-corrected chi connectivity index (χ4v) is 3.31. The third-order valence-corrected chi connectivity index (χ3v) is 4.82. The summed E-state index contributed by atoms with van der Waals surface area (Å²) in [7, 11) is 1.59. The van der Waals surface area contributed by atoms with Crippen molar-refractivity contribution in [3.63, 3.8) is 0 Å². The molecular weight excluding hydrogens is 366 g/mol. The predicted molar refractivity (Wildman–Crippen MR) is 105 cm³/mol. The number of rotatable bonds is 6. The van der Waals surface area contributed by atoms with E-state index in [9.17, 15) is 9.59 Å². The molecular formula is C19H19N3O4S. The van der Waals surface area contributed by atoms with Gasteiger partial charge in [0.25, 0.3) is 5.91 Å². The molecule has 1 amide bonds. The van der Waals surface area contributed by atoms with E-state index < -0.39 is 18.0 Å². The van der Waals surface area contributed by atoms with Crippen molar-refractivity contribution < 1.29 is 19.1 Å². The summed E-state index contributed by atoms with van der Waals surface area (Å²) in [5.74, 6) is -0.286. The minimum absolute atomic E-state index is 0.336. The summed E-state index contributed by atoms with van der Waals surface area (Å²) in [6.45, 7) is 1.77. The van der Waals surface area contributed by atoms with Crippen LogP contribution in [0.5, 0.6) is 5.75 Å². The normalized spacial score (nSPS) is 11.8. The van der Waals surface area contributed by atoms with Crippen LogP contribution in [-0.4, -0.2) is 30.1 Å². The molecule has 3 aromatic rings. The number of nitrogens with two attached hydrogens (primary N) is 1. The molecule has 1 unspecified atom stereocenters. The van der Waals surface area contributed by atoms with Crippen LogP contribution in [-0.2, 0) is 9.53 Å². The predicted octanol–water partition coefficient (Wildman–Crippen LogP) is 3.46.